The van der Waals surface area contributed by atoms with E-state index in [0.29, 0.717) is 37.7 Å². The molecule has 1 aliphatic heterocycles. The Bertz CT molecular complexity index is 928. The van der Waals surface area contributed by atoms with Gasteiger partial charge in [-0.3, -0.25) is 4.79 Å². The fraction of sp³-hybridized carbons (Fsp3) is 0.680. The van der Waals surface area contributed by atoms with Crippen molar-refractivity contribution in [2.75, 3.05) is 13.2 Å². The zero-order chi connectivity index (χ0) is 21.3. The minimum Gasteiger partial charge on any atom is -0.493 e. The van der Waals surface area contributed by atoms with E-state index in [2.05, 4.69) is 0 Å². The largest absolute Gasteiger partial charge is 0.493 e. The number of rotatable bonds is 6. The summed E-state index contributed by atoms with van der Waals surface area (Å²) < 4.78 is 21.4. The summed E-state index contributed by atoms with van der Waals surface area (Å²) in [5.74, 6) is 1.23. The molecule has 7 rings (SSSR count). The Morgan fingerprint density at radius 2 is 1.87 bits per heavy atom. The van der Waals surface area contributed by atoms with Gasteiger partial charge in [-0.25, -0.2) is 9.18 Å². The second kappa shape index (κ2) is 6.94. The van der Waals surface area contributed by atoms with Gasteiger partial charge in [0.2, 0.25) is 0 Å². The van der Waals surface area contributed by atoms with Crippen molar-refractivity contribution in [1.82, 2.24) is 4.90 Å². The third kappa shape index (κ3) is 3.16. The molecule has 5 aliphatic carbocycles. The van der Waals surface area contributed by atoms with E-state index >= 15 is 4.39 Å². The SMILES string of the molecule is O=C(O)[C@H]1CCCN1C(=O)c1cc(C2CC2)c(OCC23CC4CC(CC2C4)C3)cc1F. The maximum Gasteiger partial charge on any atom is 0.326 e. The molecule has 3 atom stereocenters. The first-order valence-corrected chi connectivity index (χ1v) is 11.9. The predicted molar refractivity (Wildman–Crippen MR) is 112 cm³/mol. The number of aliphatic carboxylic acids is 1. The lowest BCUT2D eigenvalue weighted by molar-refractivity contribution is -0.141. The highest BCUT2D eigenvalue weighted by Crippen LogP contribution is 2.65. The number of benzene rings is 1. The number of carboxylic acids is 1. The van der Waals surface area contributed by atoms with Gasteiger partial charge < -0.3 is 14.7 Å². The second-order valence-electron chi connectivity index (χ2n) is 10.8. The van der Waals surface area contributed by atoms with E-state index in [0.717, 1.165) is 36.2 Å². The van der Waals surface area contributed by atoms with Gasteiger partial charge in [-0.2, -0.15) is 0 Å². The quantitative estimate of drug-likeness (QED) is 0.721. The van der Waals surface area contributed by atoms with Gasteiger partial charge in [-0.1, -0.05) is 0 Å². The minimum atomic E-state index is -1.02. The molecule has 1 aromatic carbocycles. The standard InChI is InChI=1S/C25H30FNO4/c26-20-10-22(31-13-25-11-14-6-15(12-25)8-17(25)7-14)18(16-3-4-16)9-19(20)23(28)27-5-1-2-21(27)24(29)30/h9-10,14-17,21H,1-8,11-13H2,(H,29,30)/t14?,15?,17?,21-,25?/m1/s1. The Balaban J connectivity index is 1.25. The molecule has 1 aromatic rings. The van der Waals surface area contributed by atoms with Gasteiger partial charge in [-0.15, -0.1) is 0 Å². The summed E-state index contributed by atoms with van der Waals surface area (Å²) in [5.41, 5.74) is 1.18. The van der Waals surface area contributed by atoms with E-state index in [4.69, 9.17) is 4.74 Å². The Morgan fingerprint density at radius 1 is 1.13 bits per heavy atom. The number of nitrogens with zero attached hydrogens (tertiary/aromatic N) is 1. The molecule has 4 bridgehead atoms. The van der Waals surface area contributed by atoms with Gasteiger partial charge in [0.1, 0.15) is 17.6 Å². The summed E-state index contributed by atoms with van der Waals surface area (Å²) in [4.78, 5) is 25.8. The molecule has 6 aliphatic rings. The monoisotopic (exact) mass is 427 g/mol. The van der Waals surface area contributed by atoms with E-state index in [1.165, 1.54) is 43.1 Å². The van der Waals surface area contributed by atoms with Crippen molar-refractivity contribution in [2.24, 2.45) is 23.2 Å². The lowest BCUT2D eigenvalue weighted by Gasteiger charge is -2.33. The summed E-state index contributed by atoms with van der Waals surface area (Å²) in [6, 6.07) is 2.18. The molecule has 5 nitrogen and oxygen atoms in total. The second-order valence-corrected chi connectivity index (χ2v) is 10.8. The van der Waals surface area contributed by atoms with Gasteiger partial charge in [0.05, 0.1) is 12.2 Å². The van der Waals surface area contributed by atoms with Crippen LogP contribution in [-0.2, 0) is 4.79 Å². The number of carboxylic acid groups (broad SMARTS) is 1. The van der Waals surface area contributed by atoms with Gasteiger partial charge in [0, 0.05) is 18.0 Å². The van der Waals surface area contributed by atoms with E-state index in [-0.39, 0.29) is 11.0 Å². The molecule has 1 amide bonds. The number of carbonyl (C=O) groups is 2. The first-order chi connectivity index (χ1) is 14.9. The third-order valence-electron chi connectivity index (χ3n) is 8.82. The molecule has 1 N–H and O–H groups in total. The van der Waals surface area contributed by atoms with Crippen LogP contribution >= 0.6 is 0 Å². The molecular weight excluding hydrogens is 397 g/mol. The average Bonchev–Trinajstić information content (AvgIpc) is 3.32. The summed E-state index contributed by atoms with van der Waals surface area (Å²) in [6.45, 7) is 1.02. The van der Waals surface area contributed by atoms with Crippen LogP contribution in [-0.4, -0.2) is 41.1 Å². The van der Waals surface area contributed by atoms with Crippen LogP contribution in [0.1, 0.15) is 79.6 Å². The van der Waals surface area contributed by atoms with Crippen molar-refractivity contribution < 1.29 is 23.8 Å². The van der Waals surface area contributed by atoms with Crippen molar-refractivity contribution in [3.05, 3.63) is 29.1 Å². The van der Waals surface area contributed by atoms with Crippen LogP contribution in [0.3, 0.4) is 0 Å². The fourth-order valence-electron chi connectivity index (χ4n) is 7.42. The van der Waals surface area contributed by atoms with E-state index in [9.17, 15) is 14.7 Å². The number of ether oxygens (including phenoxy) is 1. The molecule has 0 aromatic heterocycles. The van der Waals surface area contributed by atoms with E-state index < -0.39 is 23.7 Å². The van der Waals surface area contributed by atoms with Crippen LogP contribution < -0.4 is 4.74 Å². The van der Waals surface area contributed by atoms with Crippen molar-refractivity contribution >= 4 is 11.9 Å². The summed E-state index contributed by atoms with van der Waals surface area (Å²) in [6.07, 6.45) is 9.64. The van der Waals surface area contributed by atoms with Crippen LogP contribution in [0.5, 0.6) is 5.75 Å². The number of likely N-dealkylation sites (tertiary alicyclic amines) is 1. The van der Waals surface area contributed by atoms with Crippen molar-refractivity contribution in [2.45, 2.75) is 69.7 Å². The normalized spacial score (nSPS) is 35.7. The fourth-order valence-corrected chi connectivity index (χ4v) is 7.42. The average molecular weight is 428 g/mol. The predicted octanol–water partition coefficient (Wildman–Crippen LogP) is 4.60. The molecule has 166 valence electrons. The lowest BCUT2D eigenvalue weighted by Crippen LogP contribution is -2.40. The van der Waals surface area contributed by atoms with Gasteiger partial charge in [0.15, 0.2) is 0 Å². The van der Waals surface area contributed by atoms with Crippen molar-refractivity contribution in [3.63, 3.8) is 0 Å². The highest BCUT2D eigenvalue weighted by Gasteiger charge is 2.58. The molecule has 5 saturated carbocycles. The first kappa shape index (κ1) is 19.6. The molecule has 0 spiro atoms. The summed E-state index contributed by atoms with van der Waals surface area (Å²) in [7, 11) is 0. The lowest BCUT2D eigenvalue weighted by atomic mass is 9.76. The highest BCUT2D eigenvalue weighted by atomic mass is 19.1. The van der Waals surface area contributed by atoms with Crippen LogP contribution in [0.25, 0.3) is 0 Å². The number of amides is 1. The Labute approximate surface area is 181 Å². The minimum absolute atomic E-state index is 0.0126. The maximum atomic E-state index is 15.1. The maximum absolute atomic E-state index is 15.1. The molecule has 6 heteroatoms. The third-order valence-corrected chi connectivity index (χ3v) is 8.82. The Morgan fingerprint density at radius 3 is 2.55 bits per heavy atom. The molecule has 6 fully saturated rings. The molecule has 2 unspecified atom stereocenters. The number of hydrogen-bond donors (Lipinski definition) is 1. The Kier molecular flexibility index (Phi) is 4.38. The van der Waals surface area contributed by atoms with Gasteiger partial charge in [-0.05, 0) is 93.1 Å². The molecule has 31 heavy (non-hydrogen) atoms. The topological polar surface area (TPSA) is 66.8 Å². The van der Waals surface area contributed by atoms with Gasteiger partial charge >= 0.3 is 5.97 Å². The zero-order valence-corrected chi connectivity index (χ0v) is 17.8. The van der Waals surface area contributed by atoms with Gasteiger partial charge in [0.25, 0.3) is 5.91 Å². The van der Waals surface area contributed by atoms with E-state index in [1.54, 1.807) is 6.07 Å². The summed E-state index contributed by atoms with van der Waals surface area (Å²) in [5, 5.41) is 9.41. The van der Waals surface area contributed by atoms with Crippen LogP contribution in [0, 0.1) is 29.0 Å². The summed E-state index contributed by atoms with van der Waals surface area (Å²) >= 11 is 0. The highest BCUT2D eigenvalue weighted by molar-refractivity contribution is 5.97. The molecule has 0 radical (unpaired) electrons. The Hall–Kier alpha value is -2.11. The van der Waals surface area contributed by atoms with Crippen molar-refractivity contribution in [3.8, 4) is 5.75 Å². The molecule has 1 saturated heterocycles. The smallest absolute Gasteiger partial charge is 0.326 e. The zero-order valence-electron chi connectivity index (χ0n) is 17.8. The van der Waals surface area contributed by atoms with Crippen LogP contribution in [0.4, 0.5) is 4.39 Å². The number of halogens is 1. The number of carbonyl (C=O) groups excluding carboxylic acids is 1. The molecule has 1 heterocycles. The molecular formula is C25H30FNO4. The van der Waals surface area contributed by atoms with E-state index in [1.807, 2.05) is 0 Å². The number of hydrogen-bond acceptors (Lipinski definition) is 3. The van der Waals surface area contributed by atoms with Crippen LogP contribution in [0.15, 0.2) is 12.1 Å². The van der Waals surface area contributed by atoms with Crippen molar-refractivity contribution in [1.29, 1.82) is 0 Å². The van der Waals surface area contributed by atoms with Crippen LogP contribution in [0.2, 0.25) is 0 Å². The first-order valence-electron chi connectivity index (χ1n) is 11.9.